The van der Waals surface area contributed by atoms with Crippen LogP contribution in [0.15, 0.2) is 0 Å². The minimum Gasteiger partial charge on any atom is -0.339 e. The van der Waals surface area contributed by atoms with E-state index in [0.29, 0.717) is 18.2 Å². The normalized spacial score (nSPS) is 11.9. The highest BCUT2D eigenvalue weighted by Crippen LogP contribution is 2.29. The molecule has 0 aliphatic rings. The standard InChI is InChI=1S/C12H20F3N3S/c1-4-9-10(7-16-5-2)19-11(17-9)18(6-3)8-12(13,14)15/h16H,4-8H2,1-3H3. The predicted molar refractivity (Wildman–Crippen MR) is 72.8 cm³/mol. The van der Waals surface area contributed by atoms with Crippen molar-refractivity contribution in [3.63, 3.8) is 0 Å². The van der Waals surface area contributed by atoms with E-state index in [4.69, 9.17) is 0 Å². The van der Waals surface area contributed by atoms with E-state index in [1.165, 1.54) is 16.2 Å². The van der Waals surface area contributed by atoms with E-state index >= 15 is 0 Å². The van der Waals surface area contributed by atoms with E-state index in [2.05, 4.69) is 10.3 Å². The number of nitrogens with zero attached hydrogens (tertiary/aromatic N) is 2. The van der Waals surface area contributed by atoms with Gasteiger partial charge < -0.3 is 10.2 Å². The molecule has 0 fully saturated rings. The average Bonchev–Trinajstić information content (AvgIpc) is 2.75. The number of alkyl halides is 3. The molecule has 19 heavy (non-hydrogen) atoms. The molecule has 0 amide bonds. The van der Waals surface area contributed by atoms with Gasteiger partial charge in [0.15, 0.2) is 5.13 Å². The molecule has 0 atom stereocenters. The van der Waals surface area contributed by atoms with Crippen LogP contribution >= 0.6 is 11.3 Å². The van der Waals surface area contributed by atoms with Gasteiger partial charge in [-0.1, -0.05) is 13.8 Å². The molecule has 0 aromatic carbocycles. The monoisotopic (exact) mass is 295 g/mol. The van der Waals surface area contributed by atoms with Gasteiger partial charge in [-0.25, -0.2) is 4.98 Å². The summed E-state index contributed by atoms with van der Waals surface area (Å²) in [4.78, 5) is 6.65. The van der Waals surface area contributed by atoms with E-state index in [-0.39, 0.29) is 0 Å². The lowest BCUT2D eigenvalue weighted by atomic mass is 10.3. The number of nitrogens with one attached hydrogen (secondary N) is 1. The van der Waals surface area contributed by atoms with Crippen molar-refractivity contribution in [1.29, 1.82) is 0 Å². The SMILES string of the molecule is CCNCc1sc(N(CC)CC(F)(F)F)nc1CC. The lowest BCUT2D eigenvalue weighted by Gasteiger charge is -2.21. The molecule has 110 valence electrons. The van der Waals surface area contributed by atoms with Gasteiger partial charge in [0.05, 0.1) is 5.69 Å². The van der Waals surface area contributed by atoms with Crippen LogP contribution in [0.5, 0.6) is 0 Å². The van der Waals surface area contributed by atoms with Gasteiger partial charge in [0.2, 0.25) is 0 Å². The Labute approximate surface area is 115 Å². The number of rotatable bonds is 7. The smallest absolute Gasteiger partial charge is 0.339 e. The largest absolute Gasteiger partial charge is 0.406 e. The van der Waals surface area contributed by atoms with Gasteiger partial charge in [-0.3, -0.25) is 0 Å². The zero-order valence-corrected chi connectivity index (χ0v) is 12.3. The van der Waals surface area contributed by atoms with Crippen molar-refractivity contribution in [2.75, 3.05) is 24.5 Å². The Morgan fingerprint density at radius 2 is 1.95 bits per heavy atom. The Kier molecular flexibility index (Phi) is 6.06. The summed E-state index contributed by atoms with van der Waals surface area (Å²) >= 11 is 1.35. The second kappa shape index (κ2) is 7.09. The fourth-order valence-electron chi connectivity index (χ4n) is 1.69. The molecule has 0 aliphatic heterocycles. The summed E-state index contributed by atoms with van der Waals surface area (Å²) in [7, 11) is 0. The lowest BCUT2D eigenvalue weighted by molar-refractivity contribution is -0.119. The summed E-state index contributed by atoms with van der Waals surface area (Å²) in [6.07, 6.45) is -3.46. The fraction of sp³-hybridized carbons (Fsp3) is 0.750. The molecule has 0 bridgehead atoms. The maximum absolute atomic E-state index is 12.5. The molecule has 7 heteroatoms. The zero-order chi connectivity index (χ0) is 14.5. The van der Waals surface area contributed by atoms with Gasteiger partial charge >= 0.3 is 6.18 Å². The molecule has 0 saturated heterocycles. The van der Waals surface area contributed by atoms with Crippen molar-refractivity contribution < 1.29 is 13.2 Å². The van der Waals surface area contributed by atoms with Gasteiger partial charge in [-0.2, -0.15) is 13.2 Å². The van der Waals surface area contributed by atoms with Gasteiger partial charge in [0, 0.05) is 18.0 Å². The number of hydrogen-bond acceptors (Lipinski definition) is 4. The van der Waals surface area contributed by atoms with E-state index in [0.717, 1.165) is 23.5 Å². The van der Waals surface area contributed by atoms with Crippen molar-refractivity contribution >= 4 is 16.5 Å². The van der Waals surface area contributed by atoms with Crippen LogP contribution in [0.1, 0.15) is 31.3 Å². The highest BCUT2D eigenvalue weighted by molar-refractivity contribution is 7.15. The van der Waals surface area contributed by atoms with Crippen LogP contribution in [0.4, 0.5) is 18.3 Å². The number of thiazole rings is 1. The molecule has 0 saturated carbocycles. The zero-order valence-electron chi connectivity index (χ0n) is 11.5. The van der Waals surface area contributed by atoms with Crippen LogP contribution in [0.25, 0.3) is 0 Å². The highest BCUT2D eigenvalue weighted by Gasteiger charge is 2.31. The van der Waals surface area contributed by atoms with Crippen LogP contribution in [0, 0.1) is 0 Å². The maximum Gasteiger partial charge on any atom is 0.406 e. The summed E-state index contributed by atoms with van der Waals surface area (Å²) in [5, 5.41) is 3.65. The molecular weight excluding hydrogens is 275 g/mol. The number of anilines is 1. The van der Waals surface area contributed by atoms with Crippen molar-refractivity contribution in [3.8, 4) is 0 Å². The number of hydrogen-bond donors (Lipinski definition) is 1. The minimum absolute atomic E-state index is 0.302. The molecule has 1 aromatic rings. The van der Waals surface area contributed by atoms with Gasteiger partial charge in [0.25, 0.3) is 0 Å². The van der Waals surface area contributed by atoms with E-state index in [1.807, 2.05) is 13.8 Å². The highest BCUT2D eigenvalue weighted by atomic mass is 32.1. The molecule has 0 spiro atoms. The topological polar surface area (TPSA) is 28.2 Å². The van der Waals surface area contributed by atoms with Crippen LogP contribution in [0.3, 0.4) is 0 Å². The van der Waals surface area contributed by atoms with Crippen LogP contribution in [-0.2, 0) is 13.0 Å². The predicted octanol–water partition coefficient (Wildman–Crippen LogP) is 3.20. The molecule has 0 unspecified atom stereocenters. The molecule has 1 rings (SSSR count). The second-order valence-electron chi connectivity index (χ2n) is 4.13. The van der Waals surface area contributed by atoms with Crippen molar-refractivity contribution in [1.82, 2.24) is 10.3 Å². The third-order valence-electron chi connectivity index (χ3n) is 2.66. The third-order valence-corrected chi connectivity index (χ3v) is 3.82. The maximum atomic E-state index is 12.5. The van der Waals surface area contributed by atoms with Crippen LogP contribution in [0.2, 0.25) is 0 Å². The summed E-state index contributed by atoms with van der Waals surface area (Å²) in [5.74, 6) is 0. The van der Waals surface area contributed by atoms with E-state index in [9.17, 15) is 13.2 Å². The second-order valence-corrected chi connectivity index (χ2v) is 5.19. The summed E-state index contributed by atoms with van der Waals surface area (Å²) in [6.45, 7) is 6.53. The molecule has 0 radical (unpaired) electrons. The number of halogens is 3. The summed E-state index contributed by atoms with van der Waals surface area (Å²) in [6, 6.07) is 0. The Hall–Kier alpha value is -0.820. The molecule has 3 nitrogen and oxygen atoms in total. The first-order valence-corrected chi connectivity index (χ1v) is 7.23. The minimum atomic E-state index is -4.20. The van der Waals surface area contributed by atoms with Crippen molar-refractivity contribution in [2.45, 2.75) is 39.9 Å². The van der Waals surface area contributed by atoms with Crippen LogP contribution in [-0.4, -0.2) is 30.8 Å². The Morgan fingerprint density at radius 3 is 2.42 bits per heavy atom. The first-order chi connectivity index (χ1) is 8.91. The van der Waals surface area contributed by atoms with E-state index < -0.39 is 12.7 Å². The van der Waals surface area contributed by atoms with Gasteiger partial charge in [0.1, 0.15) is 6.54 Å². The molecule has 1 aromatic heterocycles. The van der Waals surface area contributed by atoms with E-state index in [1.54, 1.807) is 6.92 Å². The molecular formula is C12H20F3N3S. The average molecular weight is 295 g/mol. The van der Waals surface area contributed by atoms with Crippen molar-refractivity contribution in [2.24, 2.45) is 0 Å². The summed E-state index contributed by atoms with van der Waals surface area (Å²) < 4.78 is 37.5. The molecule has 1 heterocycles. The fourth-order valence-corrected chi connectivity index (χ4v) is 2.87. The van der Waals surface area contributed by atoms with Gasteiger partial charge in [-0.05, 0) is 19.9 Å². The van der Waals surface area contributed by atoms with Gasteiger partial charge in [-0.15, -0.1) is 11.3 Å². The summed E-state index contributed by atoms with van der Waals surface area (Å²) in [5.41, 5.74) is 0.890. The number of aromatic nitrogens is 1. The first kappa shape index (κ1) is 16.2. The first-order valence-electron chi connectivity index (χ1n) is 6.42. The van der Waals surface area contributed by atoms with Crippen LogP contribution < -0.4 is 10.2 Å². The third kappa shape index (κ3) is 4.99. The molecule has 1 N–H and O–H groups in total. The Morgan fingerprint density at radius 1 is 1.26 bits per heavy atom. The quantitative estimate of drug-likeness (QED) is 0.837. The molecule has 0 aliphatic carbocycles. The number of aryl methyl sites for hydroxylation is 1. The Bertz CT molecular complexity index is 390. The Balaban J connectivity index is 2.89. The van der Waals surface area contributed by atoms with Crippen molar-refractivity contribution in [3.05, 3.63) is 10.6 Å². The lowest BCUT2D eigenvalue weighted by Crippen LogP contribution is -2.34.